The quantitative estimate of drug-likeness (QED) is 0.879. The molecule has 1 aromatic rings. The standard InChI is InChI=1S/C16H25NO/c1-5-16(6-2)14(17-15(3,4)18-16)12-13-10-8-7-9-11-13/h7-11,14,17H,5-6,12H2,1-4H3/t14-/m0/s1. The Morgan fingerprint density at radius 3 is 2.28 bits per heavy atom. The van der Waals surface area contributed by atoms with Gasteiger partial charge in [-0.2, -0.15) is 0 Å². The van der Waals surface area contributed by atoms with E-state index in [-0.39, 0.29) is 11.3 Å². The van der Waals surface area contributed by atoms with Crippen LogP contribution in [0.1, 0.15) is 46.1 Å². The van der Waals surface area contributed by atoms with Crippen molar-refractivity contribution in [2.75, 3.05) is 0 Å². The molecule has 0 unspecified atom stereocenters. The number of nitrogens with one attached hydrogen (secondary N) is 1. The molecule has 100 valence electrons. The van der Waals surface area contributed by atoms with Gasteiger partial charge in [0.2, 0.25) is 0 Å². The monoisotopic (exact) mass is 247 g/mol. The molecular formula is C16H25NO. The zero-order valence-corrected chi connectivity index (χ0v) is 12.0. The molecule has 0 aromatic heterocycles. The van der Waals surface area contributed by atoms with Gasteiger partial charge >= 0.3 is 0 Å². The van der Waals surface area contributed by atoms with E-state index in [1.54, 1.807) is 0 Å². The average Bonchev–Trinajstić information content (AvgIpc) is 2.62. The molecule has 1 aromatic carbocycles. The van der Waals surface area contributed by atoms with E-state index >= 15 is 0 Å². The topological polar surface area (TPSA) is 21.3 Å². The van der Waals surface area contributed by atoms with Crippen molar-refractivity contribution in [3.63, 3.8) is 0 Å². The van der Waals surface area contributed by atoms with Crippen LogP contribution in [0.5, 0.6) is 0 Å². The van der Waals surface area contributed by atoms with Crippen molar-refractivity contribution in [2.24, 2.45) is 0 Å². The summed E-state index contributed by atoms with van der Waals surface area (Å²) in [5, 5.41) is 3.65. The summed E-state index contributed by atoms with van der Waals surface area (Å²) in [5.41, 5.74) is 1.13. The van der Waals surface area contributed by atoms with Crippen LogP contribution in [0.3, 0.4) is 0 Å². The van der Waals surface area contributed by atoms with Gasteiger partial charge in [0.15, 0.2) is 0 Å². The van der Waals surface area contributed by atoms with E-state index in [9.17, 15) is 0 Å². The molecule has 0 bridgehead atoms. The second kappa shape index (κ2) is 5.02. The lowest BCUT2D eigenvalue weighted by atomic mass is 9.85. The molecule has 1 atom stereocenters. The summed E-state index contributed by atoms with van der Waals surface area (Å²) in [5.74, 6) is 0. The number of hydrogen-bond donors (Lipinski definition) is 1. The second-order valence-electron chi connectivity index (χ2n) is 5.77. The Kier molecular flexibility index (Phi) is 3.79. The van der Waals surface area contributed by atoms with Gasteiger partial charge in [-0.25, -0.2) is 0 Å². The van der Waals surface area contributed by atoms with Gasteiger partial charge in [-0.15, -0.1) is 0 Å². The van der Waals surface area contributed by atoms with Crippen molar-refractivity contribution in [3.05, 3.63) is 35.9 Å². The summed E-state index contributed by atoms with van der Waals surface area (Å²) in [7, 11) is 0. The van der Waals surface area contributed by atoms with Crippen LogP contribution in [0.4, 0.5) is 0 Å². The van der Waals surface area contributed by atoms with E-state index in [0.29, 0.717) is 6.04 Å². The Morgan fingerprint density at radius 1 is 1.11 bits per heavy atom. The van der Waals surface area contributed by atoms with Crippen LogP contribution < -0.4 is 5.32 Å². The van der Waals surface area contributed by atoms with Crippen molar-refractivity contribution >= 4 is 0 Å². The highest BCUT2D eigenvalue weighted by Gasteiger charge is 2.48. The minimum Gasteiger partial charge on any atom is -0.353 e. The first-order valence-corrected chi connectivity index (χ1v) is 7.03. The molecule has 1 saturated heterocycles. The van der Waals surface area contributed by atoms with Gasteiger partial charge in [-0.3, -0.25) is 5.32 Å². The first-order chi connectivity index (χ1) is 8.51. The molecule has 0 aliphatic carbocycles. The van der Waals surface area contributed by atoms with E-state index in [1.165, 1.54) is 5.56 Å². The number of rotatable bonds is 4. The minimum absolute atomic E-state index is 0.0284. The molecule has 0 radical (unpaired) electrons. The third kappa shape index (κ3) is 2.60. The predicted octanol–water partition coefficient (Wildman–Crippen LogP) is 3.51. The summed E-state index contributed by atoms with van der Waals surface area (Å²) in [4.78, 5) is 0. The van der Waals surface area contributed by atoms with Gasteiger partial charge in [-0.05, 0) is 38.7 Å². The van der Waals surface area contributed by atoms with Crippen molar-refractivity contribution < 1.29 is 4.74 Å². The summed E-state index contributed by atoms with van der Waals surface area (Å²) in [6.07, 6.45) is 3.14. The third-order valence-electron chi connectivity index (χ3n) is 4.09. The van der Waals surface area contributed by atoms with Crippen molar-refractivity contribution in [1.82, 2.24) is 5.32 Å². The zero-order valence-electron chi connectivity index (χ0n) is 12.0. The van der Waals surface area contributed by atoms with Gasteiger partial charge in [-0.1, -0.05) is 44.2 Å². The van der Waals surface area contributed by atoms with Crippen LogP contribution in [-0.2, 0) is 11.2 Å². The molecular weight excluding hydrogens is 222 g/mol. The molecule has 2 heteroatoms. The van der Waals surface area contributed by atoms with Gasteiger partial charge in [0, 0.05) is 6.04 Å². The molecule has 2 rings (SSSR count). The molecule has 1 aliphatic rings. The fraction of sp³-hybridized carbons (Fsp3) is 0.625. The van der Waals surface area contributed by atoms with E-state index in [1.807, 2.05) is 0 Å². The van der Waals surface area contributed by atoms with E-state index in [2.05, 4.69) is 63.3 Å². The molecule has 2 nitrogen and oxygen atoms in total. The largest absolute Gasteiger partial charge is 0.353 e. The fourth-order valence-electron chi connectivity index (χ4n) is 3.13. The highest BCUT2D eigenvalue weighted by atomic mass is 16.6. The van der Waals surface area contributed by atoms with Gasteiger partial charge in [0.1, 0.15) is 5.72 Å². The molecule has 1 heterocycles. The maximum atomic E-state index is 6.31. The average molecular weight is 247 g/mol. The Labute approximate surface area is 111 Å². The maximum Gasteiger partial charge on any atom is 0.114 e. The molecule has 0 spiro atoms. The summed E-state index contributed by atoms with van der Waals surface area (Å²) < 4.78 is 6.31. The van der Waals surface area contributed by atoms with Crippen molar-refractivity contribution in [3.8, 4) is 0 Å². The minimum atomic E-state index is -0.217. The van der Waals surface area contributed by atoms with Gasteiger partial charge in [0.05, 0.1) is 5.60 Å². The summed E-state index contributed by atoms with van der Waals surface area (Å²) >= 11 is 0. The first-order valence-electron chi connectivity index (χ1n) is 7.03. The molecule has 0 amide bonds. The smallest absolute Gasteiger partial charge is 0.114 e. The molecule has 1 N–H and O–H groups in total. The molecule has 1 fully saturated rings. The number of ether oxygens (including phenoxy) is 1. The Morgan fingerprint density at radius 2 is 1.72 bits per heavy atom. The lowest BCUT2D eigenvalue weighted by Gasteiger charge is -2.32. The van der Waals surface area contributed by atoms with Crippen molar-refractivity contribution in [2.45, 2.75) is 64.3 Å². The van der Waals surface area contributed by atoms with Gasteiger partial charge < -0.3 is 4.74 Å². The van der Waals surface area contributed by atoms with Crippen LogP contribution in [-0.4, -0.2) is 17.4 Å². The Hall–Kier alpha value is -0.860. The first kappa shape index (κ1) is 13.6. The van der Waals surface area contributed by atoms with Crippen LogP contribution >= 0.6 is 0 Å². The van der Waals surface area contributed by atoms with Crippen LogP contribution in [0.15, 0.2) is 30.3 Å². The molecule has 18 heavy (non-hydrogen) atoms. The van der Waals surface area contributed by atoms with Crippen LogP contribution in [0, 0.1) is 0 Å². The lowest BCUT2D eigenvalue weighted by molar-refractivity contribution is -0.0967. The summed E-state index contributed by atoms with van der Waals surface area (Å²) in [6.45, 7) is 8.70. The van der Waals surface area contributed by atoms with Gasteiger partial charge in [0.25, 0.3) is 0 Å². The molecule has 1 aliphatic heterocycles. The third-order valence-corrected chi connectivity index (χ3v) is 4.09. The van der Waals surface area contributed by atoms with E-state index in [0.717, 1.165) is 19.3 Å². The van der Waals surface area contributed by atoms with Crippen molar-refractivity contribution in [1.29, 1.82) is 0 Å². The lowest BCUT2D eigenvalue weighted by Crippen LogP contribution is -2.45. The highest BCUT2D eigenvalue weighted by molar-refractivity contribution is 5.18. The summed E-state index contributed by atoms with van der Waals surface area (Å²) in [6, 6.07) is 11.1. The molecule has 0 saturated carbocycles. The van der Waals surface area contributed by atoms with Crippen LogP contribution in [0.2, 0.25) is 0 Å². The normalized spacial score (nSPS) is 25.2. The Bertz CT molecular complexity index is 381. The number of benzene rings is 1. The highest BCUT2D eigenvalue weighted by Crippen LogP contribution is 2.37. The van der Waals surface area contributed by atoms with E-state index in [4.69, 9.17) is 4.74 Å². The van der Waals surface area contributed by atoms with E-state index < -0.39 is 0 Å². The Balaban J connectivity index is 2.20. The SMILES string of the molecule is CCC1(CC)OC(C)(C)N[C@H]1Cc1ccccc1. The second-order valence-corrected chi connectivity index (χ2v) is 5.77. The maximum absolute atomic E-state index is 6.31. The zero-order chi connectivity index (χ0) is 13.2. The fourth-order valence-corrected chi connectivity index (χ4v) is 3.13. The number of hydrogen-bond acceptors (Lipinski definition) is 2. The van der Waals surface area contributed by atoms with Crippen LogP contribution in [0.25, 0.3) is 0 Å². The predicted molar refractivity (Wildman–Crippen MR) is 75.5 cm³/mol.